The third-order valence-electron chi connectivity index (χ3n) is 4.49. The van der Waals surface area contributed by atoms with Crippen LogP contribution in [-0.4, -0.2) is 29.3 Å². The summed E-state index contributed by atoms with van der Waals surface area (Å²) in [4.78, 5) is 12.4. The van der Waals surface area contributed by atoms with Crippen LogP contribution in [0.2, 0.25) is 0 Å². The van der Waals surface area contributed by atoms with Crippen LogP contribution in [0, 0.1) is 0 Å². The van der Waals surface area contributed by atoms with Crippen LogP contribution in [-0.2, 0) is 4.79 Å². The Kier molecular flexibility index (Phi) is 5.86. The molecule has 1 fully saturated rings. The summed E-state index contributed by atoms with van der Waals surface area (Å²) in [5.41, 5.74) is 0.864. The molecule has 0 bridgehead atoms. The first-order valence-electron chi connectivity index (χ1n) is 8.70. The maximum atomic E-state index is 12.4. The number of carbonyl (C=O) groups is 1. The molecular weight excluding hydrogens is 336 g/mol. The van der Waals surface area contributed by atoms with E-state index in [0.29, 0.717) is 11.0 Å². The van der Waals surface area contributed by atoms with Gasteiger partial charge in [0.2, 0.25) is 11.0 Å². The van der Waals surface area contributed by atoms with Crippen LogP contribution >= 0.6 is 11.3 Å². The van der Waals surface area contributed by atoms with Gasteiger partial charge in [-0.1, -0.05) is 30.6 Å². The summed E-state index contributed by atoms with van der Waals surface area (Å²) in [6.07, 6.45) is 6.19. The number of rotatable bonds is 6. The van der Waals surface area contributed by atoms with Crippen LogP contribution in [0.3, 0.4) is 0 Å². The molecule has 0 unspecified atom stereocenters. The molecule has 2 aromatic rings. The van der Waals surface area contributed by atoms with Crippen LogP contribution in [0.5, 0.6) is 5.75 Å². The number of nitrogens with one attached hydrogen (secondary N) is 2. The molecule has 0 aliphatic heterocycles. The van der Waals surface area contributed by atoms with Crippen LogP contribution in [0.25, 0.3) is 0 Å². The second-order valence-electron chi connectivity index (χ2n) is 6.36. The number of methoxy groups -OCH3 is 1. The molecule has 2 N–H and O–H groups in total. The average Bonchev–Trinajstić information content (AvgIpc) is 3.11. The quantitative estimate of drug-likeness (QED) is 0.813. The van der Waals surface area contributed by atoms with Gasteiger partial charge in [0.05, 0.1) is 7.11 Å². The monoisotopic (exact) mass is 360 g/mol. The lowest BCUT2D eigenvalue weighted by atomic mass is 9.90. The highest BCUT2D eigenvalue weighted by molar-refractivity contribution is 7.15. The Balaban J connectivity index is 1.54. The molecule has 6 nitrogen and oxygen atoms in total. The molecule has 1 aromatic heterocycles. The van der Waals surface area contributed by atoms with Gasteiger partial charge in [-0.15, -0.1) is 10.2 Å². The molecule has 0 radical (unpaired) electrons. The van der Waals surface area contributed by atoms with E-state index in [9.17, 15) is 4.79 Å². The second kappa shape index (κ2) is 8.29. The Morgan fingerprint density at radius 1 is 1.20 bits per heavy atom. The number of ether oxygens (including phenoxy) is 1. The molecule has 1 atom stereocenters. The molecule has 25 heavy (non-hydrogen) atoms. The van der Waals surface area contributed by atoms with Gasteiger partial charge >= 0.3 is 0 Å². The van der Waals surface area contributed by atoms with E-state index >= 15 is 0 Å². The number of anilines is 2. The van der Waals surface area contributed by atoms with E-state index in [1.807, 2.05) is 31.2 Å². The summed E-state index contributed by atoms with van der Waals surface area (Å²) in [5, 5.41) is 16.1. The minimum atomic E-state index is -0.379. The predicted octanol–water partition coefficient (Wildman–Crippen LogP) is 4.03. The van der Waals surface area contributed by atoms with Gasteiger partial charge < -0.3 is 10.1 Å². The molecule has 1 heterocycles. The zero-order valence-electron chi connectivity index (χ0n) is 14.6. The van der Waals surface area contributed by atoms with E-state index in [4.69, 9.17) is 4.74 Å². The molecule has 1 amide bonds. The summed E-state index contributed by atoms with van der Waals surface area (Å²) in [5.74, 6) is 1.17. The fourth-order valence-corrected chi connectivity index (χ4v) is 3.93. The minimum Gasteiger partial charge on any atom is -0.497 e. The van der Waals surface area contributed by atoms with E-state index in [1.54, 1.807) is 7.11 Å². The summed E-state index contributed by atoms with van der Waals surface area (Å²) in [6, 6.07) is 7.10. The predicted molar refractivity (Wildman–Crippen MR) is 100 cm³/mol. The second-order valence-corrected chi connectivity index (χ2v) is 7.37. The van der Waals surface area contributed by atoms with Crippen molar-refractivity contribution in [3.05, 3.63) is 29.3 Å². The van der Waals surface area contributed by atoms with Crippen LogP contribution in [0.4, 0.5) is 10.8 Å². The summed E-state index contributed by atoms with van der Waals surface area (Å²) >= 11 is 1.50. The molecule has 1 aromatic carbocycles. The first-order chi connectivity index (χ1) is 12.2. The van der Waals surface area contributed by atoms with Crippen molar-refractivity contribution in [2.75, 3.05) is 17.7 Å². The van der Waals surface area contributed by atoms with E-state index in [0.717, 1.165) is 16.4 Å². The van der Waals surface area contributed by atoms with Gasteiger partial charge in [-0.3, -0.25) is 10.1 Å². The van der Waals surface area contributed by atoms with E-state index in [2.05, 4.69) is 20.8 Å². The molecule has 134 valence electrons. The lowest BCUT2D eigenvalue weighted by molar-refractivity contribution is -0.116. The largest absolute Gasteiger partial charge is 0.497 e. The topological polar surface area (TPSA) is 76.1 Å². The van der Waals surface area contributed by atoms with Gasteiger partial charge in [-0.2, -0.15) is 0 Å². The highest BCUT2D eigenvalue weighted by Gasteiger charge is 2.21. The van der Waals surface area contributed by atoms with Gasteiger partial charge in [0.15, 0.2) is 0 Å². The number of hydrogen-bond acceptors (Lipinski definition) is 6. The smallest absolute Gasteiger partial charge is 0.248 e. The highest BCUT2D eigenvalue weighted by atomic mass is 32.1. The van der Waals surface area contributed by atoms with Gasteiger partial charge in [0.1, 0.15) is 16.8 Å². The van der Waals surface area contributed by atoms with Gasteiger partial charge in [-0.25, -0.2) is 0 Å². The number of benzene rings is 1. The molecule has 7 heteroatoms. The zero-order valence-corrected chi connectivity index (χ0v) is 15.4. The third-order valence-corrected chi connectivity index (χ3v) is 5.49. The maximum absolute atomic E-state index is 12.4. The SMILES string of the molecule is COc1ccc(N[C@@H](C)C(=O)Nc2nnc(C3CCCCC3)s2)cc1. The van der Waals surface area contributed by atoms with Crippen molar-refractivity contribution in [3.8, 4) is 5.75 Å². The Morgan fingerprint density at radius 3 is 2.60 bits per heavy atom. The van der Waals surface area contributed by atoms with Crippen molar-refractivity contribution in [1.29, 1.82) is 0 Å². The lowest BCUT2D eigenvalue weighted by Gasteiger charge is -2.18. The van der Waals surface area contributed by atoms with Crippen LogP contribution < -0.4 is 15.4 Å². The Hall–Kier alpha value is -2.15. The molecule has 1 saturated carbocycles. The number of carbonyl (C=O) groups excluding carboxylic acids is 1. The van der Waals surface area contributed by atoms with Gasteiger partial charge in [-0.05, 0) is 44.0 Å². The fourth-order valence-electron chi connectivity index (χ4n) is 3.02. The van der Waals surface area contributed by atoms with Crippen molar-refractivity contribution in [3.63, 3.8) is 0 Å². The van der Waals surface area contributed by atoms with Crippen LogP contribution in [0.1, 0.15) is 50.0 Å². The Bertz CT molecular complexity index is 695. The first-order valence-corrected chi connectivity index (χ1v) is 9.52. The summed E-state index contributed by atoms with van der Waals surface area (Å²) in [7, 11) is 1.63. The third kappa shape index (κ3) is 4.69. The molecule has 0 saturated heterocycles. The number of aromatic nitrogens is 2. The summed E-state index contributed by atoms with van der Waals surface area (Å²) < 4.78 is 5.13. The van der Waals surface area contributed by atoms with Crippen LogP contribution in [0.15, 0.2) is 24.3 Å². The number of amides is 1. The van der Waals surface area contributed by atoms with E-state index in [-0.39, 0.29) is 11.9 Å². The maximum Gasteiger partial charge on any atom is 0.248 e. The summed E-state index contributed by atoms with van der Waals surface area (Å²) in [6.45, 7) is 1.82. The highest BCUT2D eigenvalue weighted by Crippen LogP contribution is 2.35. The van der Waals surface area contributed by atoms with Crippen molar-refractivity contribution in [2.24, 2.45) is 0 Å². The molecule has 0 spiro atoms. The van der Waals surface area contributed by atoms with Crippen molar-refractivity contribution in [1.82, 2.24) is 10.2 Å². The standard InChI is InChI=1S/C18H24N4O2S/c1-12(19-14-8-10-15(24-2)11-9-14)16(23)20-18-22-21-17(25-18)13-6-4-3-5-7-13/h8-13,19H,3-7H2,1-2H3,(H,20,22,23)/t12-/m0/s1. The minimum absolute atomic E-state index is 0.123. The first kappa shape index (κ1) is 17.7. The fraction of sp³-hybridized carbons (Fsp3) is 0.500. The van der Waals surface area contributed by atoms with Gasteiger partial charge in [0, 0.05) is 11.6 Å². The van der Waals surface area contributed by atoms with Gasteiger partial charge in [0.25, 0.3) is 0 Å². The van der Waals surface area contributed by atoms with Crippen molar-refractivity contribution < 1.29 is 9.53 Å². The Morgan fingerprint density at radius 2 is 1.92 bits per heavy atom. The molecule has 1 aliphatic carbocycles. The lowest BCUT2D eigenvalue weighted by Crippen LogP contribution is -2.31. The Labute approximate surface area is 152 Å². The zero-order chi connectivity index (χ0) is 17.6. The average molecular weight is 360 g/mol. The van der Waals surface area contributed by atoms with Crippen molar-refractivity contribution >= 4 is 28.1 Å². The van der Waals surface area contributed by atoms with E-state index < -0.39 is 0 Å². The number of nitrogens with zero attached hydrogens (tertiary/aromatic N) is 2. The van der Waals surface area contributed by atoms with Crippen molar-refractivity contribution in [2.45, 2.75) is 51.0 Å². The molecular formula is C18H24N4O2S. The number of hydrogen-bond donors (Lipinski definition) is 2. The normalized spacial score (nSPS) is 16.2. The molecule has 3 rings (SSSR count). The molecule has 1 aliphatic rings. The van der Waals surface area contributed by atoms with E-state index in [1.165, 1.54) is 43.4 Å².